The first kappa shape index (κ1) is 28.1. The molecule has 0 atom stereocenters. The summed E-state index contributed by atoms with van der Waals surface area (Å²) in [7, 11) is -3.31. The van der Waals surface area contributed by atoms with Crippen LogP contribution < -0.4 is 15.5 Å². The van der Waals surface area contributed by atoms with Crippen LogP contribution in [-0.4, -0.2) is 83.2 Å². The Hall–Kier alpha value is -3.43. The van der Waals surface area contributed by atoms with E-state index in [4.69, 9.17) is 11.6 Å². The van der Waals surface area contributed by atoms with Crippen molar-refractivity contribution in [2.45, 2.75) is 25.1 Å². The fraction of sp³-hybridized carbons (Fsp3) is 0.417. The van der Waals surface area contributed by atoms with Gasteiger partial charge >= 0.3 is 6.18 Å². The second kappa shape index (κ2) is 10.9. The summed E-state index contributed by atoms with van der Waals surface area (Å²) in [5.41, 5.74) is -0.233. The fourth-order valence-electron chi connectivity index (χ4n) is 4.71. The number of carbonyl (C=O) groups excluding carboxylic acids is 1. The molecule has 2 aromatic heterocycles. The van der Waals surface area contributed by atoms with Crippen molar-refractivity contribution >= 4 is 39.2 Å². The maximum Gasteiger partial charge on any atom is 0.420 e. The zero-order valence-electron chi connectivity index (χ0n) is 21.3. The van der Waals surface area contributed by atoms with Crippen molar-refractivity contribution in [2.24, 2.45) is 0 Å². The highest BCUT2D eigenvalue weighted by Crippen LogP contribution is 2.36. The Morgan fingerprint density at radius 2 is 1.90 bits per heavy atom. The highest BCUT2D eigenvalue weighted by Gasteiger charge is 2.36. The highest BCUT2D eigenvalue weighted by atomic mass is 35.5. The molecule has 0 saturated carbocycles. The number of hydrogen-bond acceptors (Lipinski definition) is 8. The first-order chi connectivity index (χ1) is 18.9. The number of sulfonamides is 1. The highest BCUT2D eigenvalue weighted by molar-refractivity contribution is 7.88. The van der Waals surface area contributed by atoms with Gasteiger partial charge in [-0.25, -0.2) is 27.7 Å². The van der Waals surface area contributed by atoms with Gasteiger partial charge in [-0.2, -0.15) is 13.2 Å². The van der Waals surface area contributed by atoms with Crippen molar-refractivity contribution in [3.63, 3.8) is 0 Å². The molecule has 214 valence electrons. The number of piperidine rings is 1. The van der Waals surface area contributed by atoms with Crippen LogP contribution in [0.3, 0.4) is 0 Å². The van der Waals surface area contributed by atoms with Crippen LogP contribution in [0.2, 0.25) is 5.02 Å². The van der Waals surface area contributed by atoms with Crippen LogP contribution in [0, 0.1) is 0 Å². The lowest BCUT2D eigenvalue weighted by molar-refractivity contribution is -0.137. The maximum atomic E-state index is 13.9. The number of anilines is 2. The van der Waals surface area contributed by atoms with Crippen LogP contribution in [0.25, 0.3) is 17.1 Å². The average Bonchev–Trinajstić information content (AvgIpc) is 3.38. The standard InChI is InChI=1S/C24H26ClF3N8O3S/c1-40(38,39)36-7-4-15(5-8-36)32-23-30-11-17(24(26,27)28)22(33-23)19-12-35(14-31-19)20-3-2-16(10-18(20)25)34-9-6-29-21(37)13-34/h2-3,10-12,14-15H,4-9,13H2,1H3,(H,29,37)(H,30,32,33). The van der Waals surface area contributed by atoms with E-state index in [9.17, 15) is 26.4 Å². The zero-order valence-corrected chi connectivity index (χ0v) is 22.9. The third kappa shape index (κ3) is 6.15. The number of rotatable bonds is 6. The second-order valence-electron chi connectivity index (χ2n) is 9.61. The number of halogens is 4. The lowest BCUT2D eigenvalue weighted by Gasteiger charge is -2.30. The van der Waals surface area contributed by atoms with Crippen LogP contribution in [0.4, 0.5) is 24.8 Å². The molecule has 5 rings (SSSR count). The van der Waals surface area contributed by atoms with Crippen LogP contribution in [0.15, 0.2) is 36.9 Å². The van der Waals surface area contributed by atoms with Gasteiger partial charge in [0.15, 0.2) is 0 Å². The van der Waals surface area contributed by atoms with Gasteiger partial charge in [0.25, 0.3) is 0 Å². The van der Waals surface area contributed by atoms with Gasteiger partial charge in [-0.1, -0.05) is 11.6 Å². The molecule has 0 radical (unpaired) electrons. The van der Waals surface area contributed by atoms with Crippen molar-refractivity contribution in [1.29, 1.82) is 0 Å². The third-order valence-electron chi connectivity index (χ3n) is 6.79. The number of alkyl halides is 3. The predicted molar refractivity (Wildman–Crippen MR) is 143 cm³/mol. The van der Waals surface area contributed by atoms with E-state index in [2.05, 4.69) is 25.6 Å². The number of amides is 1. The number of hydrogen-bond donors (Lipinski definition) is 2. The van der Waals surface area contributed by atoms with E-state index in [0.717, 1.165) is 11.9 Å². The number of carbonyl (C=O) groups is 1. The monoisotopic (exact) mass is 598 g/mol. The van der Waals surface area contributed by atoms with Crippen molar-refractivity contribution < 1.29 is 26.4 Å². The van der Waals surface area contributed by atoms with E-state index < -0.39 is 27.5 Å². The minimum atomic E-state index is -4.72. The van der Waals surface area contributed by atoms with Crippen molar-refractivity contribution in [3.8, 4) is 17.1 Å². The van der Waals surface area contributed by atoms with Gasteiger partial charge in [0.05, 0.1) is 23.5 Å². The van der Waals surface area contributed by atoms with Gasteiger partial charge in [0.1, 0.15) is 23.3 Å². The van der Waals surface area contributed by atoms with E-state index in [1.165, 1.54) is 21.4 Å². The Morgan fingerprint density at radius 3 is 2.55 bits per heavy atom. The molecule has 2 fully saturated rings. The number of imidazole rings is 1. The van der Waals surface area contributed by atoms with E-state index in [1.807, 2.05) is 4.90 Å². The topological polar surface area (TPSA) is 125 Å². The predicted octanol–water partition coefficient (Wildman–Crippen LogP) is 2.77. The number of benzene rings is 1. The first-order valence-electron chi connectivity index (χ1n) is 12.4. The summed E-state index contributed by atoms with van der Waals surface area (Å²) in [6.07, 6.45) is 0.795. The van der Waals surface area contributed by atoms with Gasteiger partial charge < -0.3 is 20.1 Å². The lowest BCUT2D eigenvalue weighted by atomic mass is 10.1. The number of nitrogens with zero attached hydrogens (tertiary/aromatic N) is 6. The third-order valence-corrected chi connectivity index (χ3v) is 8.39. The normalized spacial score (nSPS) is 17.6. The summed E-state index contributed by atoms with van der Waals surface area (Å²) >= 11 is 6.52. The molecule has 3 aromatic rings. The molecule has 4 heterocycles. The summed E-state index contributed by atoms with van der Waals surface area (Å²) in [5.74, 6) is -0.104. The maximum absolute atomic E-state index is 13.9. The molecule has 11 nitrogen and oxygen atoms in total. The summed E-state index contributed by atoms with van der Waals surface area (Å²) in [6.45, 7) is 1.92. The molecular weight excluding hydrogens is 573 g/mol. The minimum Gasteiger partial charge on any atom is -0.360 e. The molecule has 16 heteroatoms. The lowest BCUT2D eigenvalue weighted by Crippen LogP contribution is -2.47. The Kier molecular flexibility index (Phi) is 7.63. The van der Waals surface area contributed by atoms with Crippen molar-refractivity contribution in [1.82, 2.24) is 29.1 Å². The van der Waals surface area contributed by atoms with E-state index in [1.54, 1.807) is 18.2 Å². The van der Waals surface area contributed by atoms with E-state index >= 15 is 0 Å². The van der Waals surface area contributed by atoms with Crippen LogP contribution in [-0.2, 0) is 21.0 Å². The molecule has 2 N–H and O–H groups in total. The van der Waals surface area contributed by atoms with Crippen LogP contribution >= 0.6 is 11.6 Å². The van der Waals surface area contributed by atoms with Crippen molar-refractivity contribution in [3.05, 3.63) is 47.5 Å². The van der Waals surface area contributed by atoms with Gasteiger partial charge in [-0.05, 0) is 31.0 Å². The molecule has 2 aliphatic rings. The molecule has 0 spiro atoms. The van der Waals surface area contributed by atoms with Crippen molar-refractivity contribution in [2.75, 3.05) is 49.2 Å². The number of nitrogens with one attached hydrogen (secondary N) is 2. The fourth-order valence-corrected chi connectivity index (χ4v) is 5.85. The Labute approximate surface area is 233 Å². The van der Waals surface area contributed by atoms with E-state index in [0.29, 0.717) is 55.9 Å². The molecule has 0 bridgehead atoms. The Bertz CT molecular complexity index is 1520. The molecule has 2 saturated heterocycles. The first-order valence-corrected chi connectivity index (χ1v) is 14.6. The Balaban J connectivity index is 1.39. The molecular formula is C24H26ClF3N8O3S. The summed E-state index contributed by atoms with van der Waals surface area (Å²) in [5, 5.41) is 6.11. The number of piperazine rings is 1. The second-order valence-corrected chi connectivity index (χ2v) is 12.0. The largest absolute Gasteiger partial charge is 0.420 e. The quantitative estimate of drug-likeness (QED) is 0.444. The van der Waals surface area contributed by atoms with Gasteiger partial charge in [0, 0.05) is 50.3 Å². The number of aromatic nitrogens is 4. The zero-order chi connectivity index (χ0) is 28.7. The van der Waals surface area contributed by atoms with Gasteiger partial charge in [0.2, 0.25) is 21.9 Å². The van der Waals surface area contributed by atoms with E-state index in [-0.39, 0.29) is 30.1 Å². The molecule has 0 unspecified atom stereocenters. The SMILES string of the molecule is CS(=O)(=O)N1CCC(Nc2ncc(C(F)(F)F)c(-c3cn(-c4ccc(N5CCNC(=O)C5)cc4Cl)cn3)n2)CC1. The molecule has 2 aliphatic heterocycles. The minimum absolute atomic E-state index is 0.0108. The van der Waals surface area contributed by atoms with Gasteiger partial charge in [-0.15, -0.1) is 0 Å². The Morgan fingerprint density at radius 1 is 1.15 bits per heavy atom. The average molecular weight is 599 g/mol. The summed E-state index contributed by atoms with van der Waals surface area (Å²) in [4.78, 5) is 25.8. The van der Waals surface area contributed by atoms with Crippen LogP contribution in [0.1, 0.15) is 18.4 Å². The molecule has 1 amide bonds. The van der Waals surface area contributed by atoms with Crippen LogP contribution in [0.5, 0.6) is 0 Å². The molecule has 40 heavy (non-hydrogen) atoms. The molecule has 0 aliphatic carbocycles. The summed E-state index contributed by atoms with van der Waals surface area (Å²) in [6, 6.07) is 4.97. The summed E-state index contributed by atoms with van der Waals surface area (Å²) < 4.78 is 68.0. The van der Waals surface area contributed by atoms with Gasteiger partial charge in [-0.3, -0.25) is 4.79 Å². The smallest absolute Gasteiger partial charge is 0.360 e. The molecule has 1 aromatic carbocycles.